The van der Waals surface area contributed by atoms with Crippen molar-refractivity contribution in [2.45, 2.75) is 32.1 Å². The van der Waals surface area contributed by atoms with Gasteiger partial charge in [-0.25, -0.2) is 0 Å². The first-order valence-corrected chi connectivity index (χ1v) is 3.46. The van der Waals surface area contributed by atoms with Gasteiger partial charge in [-0.15, -0.1) is 0 Å². The summed E-state index contributed by atoms with van der Waals surface area (Å²) in [5.41, 5.74) is 0. The first-order chi connectivity index (χ1) is 4.00. The summed E-state index contributed by atoms with van der Waals surface area (Å²) >= 11 is 0. The van der Waals surface area contributed by atoms with Crippen LogP contribution in [0.5, 0.6) is 0 Å². The lowest BCUT2D eigenvalue weighted by Gasteiger charge is -2.06. The van der Waals surface area contributed by atoms with E-state index in [4.69, 9.17) is 0 Å². The van der Waals surface area contributed by atoms with E-state index in [0.29, 0.717) is 0 Å². The van der Waals surface area contributed by atoms with E-state index >= 15 is 0 Å². The third-order valence-corrected chi connectivity index (χ3v) is 1.48. The molecule has 0 saturated carbocycles. The molecule has 1 aliphatic rings. The molecule has 0 spiro atoms. The molecule has 1 fully saturated rings. The molecular formula is C7H13N. The van der Waals surface area contributed by atoms with Gasteiger partial charge in [0.1, 0.15) is 0 Å². The molecule has 1 nitrogen and oxygen atoms in total. The summed E-state index contributed by atoms with van der Waals surface area (Å²) < 4.78 is 0. The number of hydrogen-bond donors (Lipinski definition) is 1. The van der Waals surface area contributed by atoms with Crippen LogP contribution in [-0.4, -0.2) is 6.54 Å². The van der Waals surface area contributed by atoms with E-state index in [1.165, 1.54) is 25.7 Å². The zero-order valence-corrected chi connectivity index (χ0v) is 5.24. The van der Waals surface area contributed by atoms with Crippen LogP contribution in [0, 0.1) is 6.54 Å². The minimum atomic E-state index is 1.14. The van der Waals surface area contributed by atoms with Crippen LogP contribution < -0.4 is 5.32 Å². The second-order valence-electron chi connectivity index (χ2n) is 2.27. The van der Waals surface area contributed by atoms with Gasteiger partial charge in [0.15, 0.2) is 0 Å². The molecule has 8 heavy (non-hydrogen) atoms. The van der Waals surface area contributed by atoms with Crippen molar-refractivity contribution in [3.8, 4) is 0 Å². The smallest absolute Gasteiger partial charge is 0.0586 e. The second-order valence-corrected chi connectivity index (χ2v) is 2.27. The Morgan fingerprint density at radius 3 is 2.88 bits per heavy atom. The Morgan fingerprint density at radius 2 is 1.88 bits per heavy atom. The van der Waals surface area contributed by atoms with Gasteiger partial charge in [0, 0.05) is 0 Å². The molecular weight excluding hydrogens is 98.1 g/mol. The maximum Gasteiger partial charge on any atom is 0.0586 e. The zero-order chi connectivity index (χ0) is 5.66. The molecule has 0 atom stereocenters. The van der Waals surface area contributed by atoms with Gasteiger partial charge in [-0.05, 0) is 19.4 Å². The number of hydrogen-bond acceptors (Lipinski definition) is 1. The molecule has 0 aliphatic carbocycles. The normalized spacial score (nSPS) is 24.0. The molecule has 1 aliphatic heterocycles. The molecule has 0 aromatic carbocycles. The zero-order valence-electron chi connectivity index (χ0n) is 5.24. The maximum absolute atomic E-state index is 3.14. The summed E-state index contributed by atoms with van der Waals surface area (Å²) in [4.78, 5) is 0. The summed E-state index contributed by atoms with van der Waals surface area (Å²) in [6, 6.07) is 0. The molecule has 0 unspecified atom stereocenters. The lowest BCUT2D eigenvalue weighted by atomic mass is 10.1. The molecule has 1 heterocycles. The maximum atomic E-state index is 3.14. The van der Waals surface area contributed by atoms with Crippen molar-refractivity contribution in [2.75, 3.05) is 6.54 Å². The number of rotatable bonds is 0. The topological polar surface area (TPSA) is 12.0 Å². The van der Waals surface area contributed by atoms with Gasteiger partial charge in [-0.2, -0.15) is 0 Å². The van der Waals surface area contributed by atoms with Gasteiger partial charge in [-0.1, -0.05) is 19.3 Å². The summed E-state index contributed by atoms with van der Waals surface area (Å²) in [6.45, 7) is 4.28. The third-order valence-electron chi connectivity index (χ3n) is 1.48. The van der Waals surface area contributed by atoms with Crippen molar-refractivity contribution < 1.29 is 0 Å². The van der Waals surface area contributed by atoms with Crippen LogP contribution in [0.1, 0.15) is 32.1 Å². The molecule has 1 rings (SSSR count). The van der Waals surface area contributed by atoms with E-state index in [2.05, 4.69) is 11.9 Å². The molecule has 1 saturated heterocycles. The molecule has 2 radical (unpaired) electrons. The van der Waals surface area contributed by atoms with Gasteiger partial charge in [0.2, 0.25) is 0 Å². The van der Waals surface area contributed by atoms with E-state index < -0.39 is 0 Å². The second kappa shape index (κ2) is 3.90. The third kappa shape index (κ3) is 2.31. The van der Waals surface area contributed by atoms with E-state index in [9.17, 15) is 0 Å². The van der Waals surface area contributed by atoms with Crippen molar-refractivity contribution in [3.63, 3.8) is 0 Å². The van der Waals surface area contributed by atoms with Crippen LogP contribution in [0.4, 0.5) is 0 Å². The fourth-order valence-electron chi connectivity index (χ4n) is 0.957. The largest absolute Gasteiger partial charge is 0.308 e. The molecule has 46 valence electrons. The lowest BCUT2D eigenvalue weighted by Crippen LogP contribution is -2.13. The highest BCUT2D eigenvalue weighted by molar-refractivity contribution is 4.64. The van der Waals surface area contributed by atoms with Crippen LogP contribution in [0.3, 0.4) is 0 Å². The molecule has 1 N–H and O–H groups in total. The standard InChI is InChI=1S/C7H13N/c1-2-4-6-8-7-5-3-1/h8H,1-6H2. The van der Waals surface area contributed by atoms with Gasteiger partial charge >= 0.3 is 0 Å². The first-order valence-electron chi connectivity index (χ1n) is 3.46. The Balaban J connectivity index is 2.00. The number of nitrogens with one attached hydrogen (secondary N) is 1. The van der Waals surface area contributed by atoms with E-state index in [1.54, 1.807) is 0 Å². The lowest BCUT2D eigenvalue weighted by molar-refractivity contribution is 0.558. The highest BCUT2D eigenvalue weighted by Gasteiger charge is 1.95. The van der Waals surface area contributed by atoms with Crippen LogP contribution in [0.15, 0.2) is 0 Å². The van der Waals surface area contributed by atoms with Crippen molar-refractivity contribution in [2.24, 2.45) is 0 Å². The van der Waals surface area contributed by atoms with Crippen LogP contribution in [0.2, 0.25) is 0 Å². The Morgan fingerprint density at radius 1 is 1.00 bits per heavy atom. The molecule has 0 aromatic rings. The van der Waals surface area contributed by atoms with Gasteiger partial charge in [0.05, 0.1) is 6.54 Å². The highest BCUT2D eigenvalue weighted by atomic mass is 14.8. The van der Waals surface area contributed by atoms with Crippen molar-refractivity contribution in [1.29, 1.82) is 0 Å². The van der Waals surface area contributed by atoms with Crippen LogP contribution in [-0.2, 0) is 0 Å². The van der Waals surface area contributed by atoms with Crippen molar-refractivity contribution in [1.82, 2.24) is 5.32 Å². The molecule has 0 amide bonds. The van der Waals surface area contributed by atoms with Gasteiger partial charge in [0.25, 0.3) is 0 Å². The van der Waals surface area contributed by atoms with Crippen LogP contribution in [0.25, 0.3) is 0 Å². The molecule has 1 heteroatoms. The summed E-state index contributed by atoms with van der Waals surface area (Å²) in [5, 5.41) is 3.14. The monoisotopic (exact) mass is 111 g/mol. The Bertz CT molecular complexity index is 28.3. The summed E-state index contributed by atoms with van der Waals surface area (Å²) in [7, 11) is 0. The quantitative estimate of drug-likeness (QED) is 0.500. The average Bonchev–Trinajstić information content (AvgIpc) is 1.62. The van der Waals surface area contributed by atoms with Crippen molar-refractivity contribution in [3.05, 3.63) is 6.54 Å². The van der Waals surface area contributed by atoms with E-state index in [-0.39, 0.29) is 0 Å². The van der Waals surface area contributed by atoms with Crippen LogP contribution >= 0.6 is 0 Å². The minimum absolute atomic E-state index is 1.14. The predicted molar refractivity (Wildman–Crippen MR) is 34.3 cm³/mol. The first kappa shape index (κ1) is 6.09. The van der Waals surface area contributed by atoms with E-state index in [0.717, 1.165) is 13.0 Å². The average molecular weight is 111 g/mol. The Labute approximate surface area is 51.5 Å². The Hall–Kier alpha value is -0.0400. The fraction of sp³-hybridized carbons (Fsp3) is 0.857. The SMILES string of the molecule is [C]1CCCCCCN1. The van der Waals surface area contributed by atoms with E-state index in [1.807, 2.05) is 0 Å². The summed E-state index contributed by atoms with van der Waals surface area (Å²) in [5.74, 6) is 0. The minimum Gasteiger partial charge on any atom is -0.308 e. The van der Waals surface area contributed by atoms with Gasteiger partial charge in [-0.3, -0.25) is 0 Å². The summed E-state index contributed by atoms with van der Waals surface area (Å²) in [6.07, 6.45) is 6.59. The predicted octanol–water partition coefficient (Wildman–Crippen LogP) is 1.58. The van der Waals surface area contributed by atoms with Gasteiger partial charge < -0.3 is 5.32 Å². The molecule has 0 aromatic heterocycles. The highest BCUT2D eigenvalue weighted by Crippen LogP contribution is 2.05. The van der Waals surface area contributed by atoms with Crippen molar-refractivity contribution >= 4 is 0 Å². The Kier molecular flexibility index (Phi) is 2.97. The molecule has 0 bridgehead atoms. The fourth-order valence-corrected chi connectivity index (χ4v) is 0.957.